The quantitative estimate of drug-likeness (QED) is 0.867. The molecule has 1 aromatic heterocycles. The predicted molar refractivity (Wildman–Crippen MR) is 75.8 cm³/mol. The normalized spacial score (nSPS) is 10.2. The minimum atomic E-state index is 0.408. The SMILES string of the molecule is CCn1nc(C)cc1COc1ccc(Br)cc1C#N. The summed E-state index contributed by atoms with van der Waals surface area (Å²) >= 11 is 3.34. The molecule has 0 atom stereocenters. The molecule has 1 heterocycles. The number of nitrogens with zero attached hydrogens (tertiary/aromatic N) is 3. The Morgan fingerprint density at radius 3 is 2.89 bits per heavy atom. The summed E-state index contributed by atoms with van der Waals surface area (Å²) < 4.78 is 8.49. The van der Waals surface area contributed by atoms with E-state index >= 15 is 0 Å². The molecule has 0 saturated heterocycles. The summed E-state index contributed by atoms with van der Waals surface area (Å²) in [7, 11) is 0. The Balaban J connectivity index is 2.17. The fourth-order valence-corrected chi connectivity index (χ4v) is 2.22. The largest absolute Gasteiger partial charge is 0.486 e. The van der Waals surface area contributed by atoms with Crippen molar-refractivity contribution in [3.8, 4) is 11.8 Å². The fourth-order valence-electron chi connectivity index (χ4n) is 1.86. The summed E-state index contributed by atoms with van der Waals surface area (Å²) in [6.07, 6.45) is 0. The highest BCUT2D eigenvalue weighted by atomic mass is 79.9. The molecule has 5 heteroatoms. The van der Waals surface area contributed by atoms with Crippen LogP contribution in [0.3, 0.4) is 0 Å². The first kappa shape index (κ1) is 13.6. The number of aryl methyl sites for hydroxylation is 2. The number of hydrogen-bond acceptors (Lipinski definition) is 3. The van der Waals surface area contributed by atoms with Gasteiger partial charge in [0.2, 0.25) is 0 Å². The van der Waals surface area contributed by atoms with E-state index in [1.807, 2.05) is 30.7 Å². The summed E-state index contributed by atoms with van der Waals surface area (Å²) in [6, 6.07) is 9.52. The van der Waals surface area contributed by atoms with Gasteiger partial charge in [0.05, 0.1) is 17.0 Å². The Morgan fingerprint density at radius 1 is 1.42 bits per heavy atom. The van der Waals surface area contributed by atoms with Crippen LogP contribution in [0.4, 0.5) is 0 Å². The van der Waals surface area contributed by atoms with Crippen LogP contribution in [-0.2, 0) is 13.2 Å². The second-order valence-corrected chi connectivity index (χ2v) is 5.05. The third kappa shape index (κ3) is 3.15. The Labute approximate surface area is 120 Å². The maximum Gasteiger partial charge on any atom is 0.137 e. The van der Waals surface area contributed by atoms with Gasteiger partial charge in [0, 0.05) is 11.0 Å². The Hall–Kier alpha value is -1.80. The molecular formula is C14H14BrN3O. The van der Waals surface area contributed by atoms with Gasteiger partial charge in [0.25, 0.3) is 0 Å². The maximum atomic E-state index is 9.08. The Morgan fingerprint density at radius 2 is 2.21 bits per heavy atom. The number of halogens is 1. The van der Waals surface area contributed by atoms with E-state index in [1.54, 1.807) is 12.1 Å². The van der Waals surface area contributed by atoms with Gasteiger partial charge >= 0.3 is 0 Å². The van der Waals surface area contributed by atoms with Gasteiger partial charge in [-0.3, -0.25) is 4.68 Å². The lowest BCUT2D eigenvalue weighted by Crippen LogP contribution is -2.06. The molecule has 98 valence electrons. The summed E-state index contributed by atoms with van der Waals surface area (Å²) in [5.41, 5.74) is 2.50. The molecule has 0 bridgehead atoms. The second-order valence-electron chi connectivity index (χ2n) is 4.13. The minimum absolute atomic E-state index is 0.408. The lowest BCUT2D eigenvalue weighted by molar-refractivity contribution is 0.291. The Kier molecular flexibility index (Phi) is 4.23. The van der Waals surface area contributed by atoms with Crippen molar-refractivity contribution in [1.82, 2.24) is 9.78 Å². The van der Waals surface area contributed by atoms with Gasteiger partial charge in [-0.05, 0) is 38.1 Å². The molecule has 0 fully saturated rings. The molecule has 4 nitrogen and oxygen atoms in total. The van der Waals surface area contributed by atoms with E-state index < -0.39 is 0 Å². The van der Waals surface area contributed by atoms with Crippen molar-refractivity contribution in [3.05, 3.63) is 45.7 Å². The third-order valence-electron chi connectivity index (χ3n) is 2.72. The molecule has 2 rings (SSSR count). The van der Waals surface area contributed by atoms with Gasteiger partial charge in [-0.2, -0.15) is 10.4 Å². The average molecular weight is 320 g/mol. The van der Waals surface area contributed by atoms with E-state index in [-0.39, 0.29) is 0 Å². The topological polar surface area (TPSA) is 50.8 Å². The smallest absolute Gasteiger partial charge is 0.137 e. The molecular weight excluding hydrogens is 306 g/mol. The molecule has 0 aliphatic rings. The molecule has 0 N–H and O–H groups in total. The lowest BCUT2D eigenvalue weighted by atomic mass is 10.2. The molecule has 0 radical (unpaired) electrons. The van der Waals surface area contributed by atoms with Crippen LogP contribution in [0.15, 0.2) is 28.7 Å². The van der Waals surface area contributed by atoms with Crippen LogP contribution in [0.2, 0.25) is 0 Å². The second kappa shape index (κ2) is 5.89. The number of ether oxygens (including phenoxy) is 1. The van der Waals surface area contributed by atoms with Crippen LogP contribution in [0, 0.1) is 18.3 Å². The summed E-state index contributed by atoms with van der Waals surface area (Å²) in [6.45, 7) is 5.20. The molecule has 1 aromatic carbocycles. The van der Waals surface area contributed by atoms with Gasteiger partial charge < -0.3 is 4.74 Å². The molecule has 0 saturated carbocycles. The third-order valence-corrected chi connectivity index (χ3v) is 3.22. The van der Waals surface area contributed by atoms with E-state index in [2.05, 4.69) is 27.1 Å². The van der Waals surface area contributed by atoms with Crippen molar-refractivity contribution >= 4 is 15.9 Å². The first-order valence-corrected chi connectivity index (χ1v) is 6.79. The predicted octanol–water partition coefficient (Wildman–Crippen LogP) is 3.42. The fraction of sp³-hybridized carbons (Fsp3) is 0.286. The molecule has 0 amide bonds. The molecule has 19 heavy (non-hydrogen) atoms. The first-order chi connectivity index (χ1) is 9.13. The molecule has 0 aliphatic heterocycles. The van der Waals surface area contributed by atoms with Crippen LogP contribution in [0.5, 0.6) is 5.75 Å². The number of hydrogen-bond donors (Lipinski definition) is 0. The van der Waals surface area contributed by atoms with Crippen LogP contribution in [0.1, 0.15) is 23.9 Å². The van der Waals surface area contributed by atoms with Gasteiger partial charge in [0.15, 0.2) is 0 Å². The summed E-state index contributed by atoms with van der Waals surface area (Å²) in [5.74, 6) is 0.590. The van der Waals surface area contributed by atoms with Crippen molar-refractivity contribution in [1.29, 1.82) is 5.26 Å². The van der Waals surface area contributed by atoms with Crippen molar-refractivity contribution in [2.45, 2.75) is 27.0 Å². The van der Waals surface area contributed by atoms with E-state index in [1.165, 1.54) is 0 Å². The van der Waals surface area contributed by atoms with E-state index in [0.717, 1.165) is 22.4 Å². The van der Waals surface area contributed by atoms with Gasteiger partial charge in [-0.15, -0.1) is 0 Å². The zero-order chi connectivity index (χ0) is 13.8. The Bertz CT molecular complexity index is 628. The average Bonchev–Trinajstić information content (AvgIpc) is 2.77. The molecule has 0 aliphatic carbocycles. The van der Waals surface area contributed by atoms with Gasteiger partial charge in [-0.25, -0.2) is 0 Å². The van der Waals surface area contributed by atoms with Crippen molar-refractivity contribution in [2.75, 3.05) is 0 Å². The molecule has 2 aromatic rings. The highest BCUT2D eigenvalue weighted by Crippen LogP contribution is 2.23. The summed E-state index contributed by atoms with van der Waals surface area (Å²) in [4.78, 5) is 0. The number of nitriles is 1. The van der Waals surface area contributed by atoms with Crippen LogP contribution in [0.25, 0.3) is 0 Å². The lowest BCUT2D eigenvalue weighted by Gasteiger charge is -2.09. The number of aromatic nitrogens is 2. The van der Waals surface area contributed by atoms with Crippen molar-refractivity contribution in [3.63, 3.8) is 0 Å². The number of rotatable bonds is 4. The monoisotopic (exact) mass is 319 g/mol. The van der Waals surface area contributed by atoms with Crippen LogP contribution >= 0.6 is 15.9 Å². The van der Waals surface area contributed by atoms with Crippen molar-refractivity contribution in [2.24, 2.45) is 0 Å². The maximum absolute atomic E-state index is 9.08. The first-order valence-electron chi connectivity index (χ1n) is 5.99. The standard InChI is InChI=1S/C14H14BrN3O/c1-3-18-13(6-10(2)17-18)9-19-14-5-4-12(15)7-11(14)8-16/h4-7H,3,9H2,1-2H3. The van der Waals surface area contributed by atoms with E-state index in [0.29, 0.717) is 17.9 Å². The van der Waals surface area contributed by atoms with E-state index in [9.17, 15) is 0 Å². The van der Waals surface area contributed by atoms with Gasteiger partial charge in [0.1, 0.15) is 18.4 Å². The summed E-state index contributed by atoms with van der Waals surface area (Å²) in [5, 5.41) is 13.4. The highest BCUT2D eigenvalue weighted by molar-refractivity contribution is 9.10. The van der Waals surface area contributed by atoms with Gasteiger partial charge in [-0.1, -0.05) is 15.9 Å². The molecule has 0 unspecified atom stereocenters. The minimum Gasteiger partial charge on any atom is -0.486 e. The highest BCUT2D eigenvalue weighted by Gasteiger charge is 2.08. The van der Waals surface area contributed by atoms with E-state index in [4.69, 9.17) is 10.00 Å². The number of benzene rings is 1. The zero-order valence-corrected chi connectivity index (χ0v) is 12.4. The zero-order valence-electron chi connectivity index (χ0n) is 10.9. The van der Waals surface area contributed by atoms with Crippen molar-refractivity contribution < 1.29 is 4.74 Å². The van der Waals surface area contributed by atoms with Crippen LogP contribution in [-0.4, -0.2) is 9.78 Å². The molecule has 0 spiro atoms. The van der Waals surface area contributed by atoms with Crippen LogP contribution < -0.4 is 4.74 Å².